The number of methoxy groups -OCH3 is 1. The van der Waals surface area contributed by atoms with Crippen molar-refractivity contribution < 1.29 is 9.53 Å². The van der Waals surface area contributed by atoms with Gasteiger partial charge in [0.25, 0.3) is 0 Å². The van der Waals surface area contributed by atoms with E-state index in [1.54, 1.807) is 12.1 Å². The van der Waals surface area contributed by atoms with E-state index < -0.39 is 5.97 Å². The molecule has 15 heavy (non-hydrogen) atoms. The monoisotopic (exact) mass is 287 g/mol. The maximum Gasteiger partial charge on any atom is 0.310 e. The van der Waals surface area contributed by atoms with Crippen molar-refractivity contribution >= 4 is 33.5 Å². The number of carbonyl (C=O) groups excluding carboxylic acids is 1. The number of carbonyl (C=O) groups is 1. The van der Waals surface area contributed by atoms with Crippen LogP contribution < -0.4 is 0 Å². The van der Waals surface area contributed by atoms with E-state index in [0.717, 1.165) is 0 Å². The first-order chi connectivity index (χ1) is 7.10. The van der Waals surface area contributed by atoms with Crippen LogP contribution in [0, 0.1) is 11.3 Å². The Hall–Kier alpha value is -1.05. The highest BCUT2D eigenvalue weighted by molar-refractivity contribution is 9.10. The number of halogens is 2. The molecule has 0 fully saturated rings. The average Bonchev–Trinajstić information content (AvgIpc) is 2.24. The molecule has 0 aliphatic rings. The summed E-state index contributed by atoms with van der Waals surface area (Å²) in [5, 5.41) is 9.05. The third-order valence-electron chi connectivity index (χ3n) is 1.86. The summed E-state index contributed by atoms with van der Waals surface area (Å²) in [5.41, 5.74) is 0.918. The van der Waals surface area contributed by atoms with Gasteiger partial charge < -0.3 is 4.74 Å². The SMILES string of the molecule is COC(=O)Cc1c(Br)ccc(C#N)c1Cl. The van der Waals surface area contributed by atoms with Crippen LogP contribution in [0.1, 0.15) is 11.1 Å². The molecule has 0 amide bonds. The predicted molar refractivity (Wildman–Crippen MR) is 59.6 cm³/mol. The van der Waals surface area contributed by atoms with Gasteiger partial charge in [-0.15, -0.1) is 0 Å². The van der Waals surface area contributed by atoms with Gasteiger partial charge in [0.2, 0.25) is 0 Å². The van der Waals surface area contributed by atoms with Gasteiger partial charge >= 0.3 is 5.97 Å². The largest absolute Gasteiger partial charge is 0.469 e. The summed E-state index contributed by atoms with van der Waals surface area (Å²) in [6, 6.07) is 5.22. The van der Waals surface area contributed by atoms with Gasteiger partial charge in [-0.2, -0.15) is 5.26 Å². The molecule has 5 heteroatoms. The molecule has 1 rings (SSSR count). The zero-order valence-corrected chi connectivity index (χ0v) is 10.2. The quantitative estimate of drug-likeness (QED) is 0.786. The van der Waals surface area contributed by atoms with Gasteiger partial charge in [-0.3, -0.25) is 4.79 Å². The van der Waals surface area contributed by atoms with Crippen molar-refractivity contribution in [3.8, 4) is 6.07 Å². The number of nitrogens with zero attached hydrogens (tertiary/aromatic N) is 1. The fourth-order valence-corrected chi connectivity index (χ4v) is 1.92. The molecule has 0 aliphatic carbocycles. The summed E-state index contributed by atoms with van der Waals surface area (Å²) >= 11 is 9.22. The molecule has 0 aromatic heterocycles. The van der Waals surface area contributed by atoms with Gasteiger partial charge in [-0.05, 0) is 17.7 Å². The van der Waals surface area contributed by atoms with E-state index >= 15 is 0 Å². The minimum atomic E-state index is -0.396. The van der Waals surface area contributed by atoms with Crippen LogP contribution in [0.4, 0.5) is 0 Å². The Morgan fingerprint density at radius 3 is 2.87 bits per heavy atom. The molecular formula is C10H7BrClNO2. The Morgan fingerprint density at radius 2 is 2.33 bits per heavy atom. The second-order valence-corrected chi connectivity index (χ2v) is 3.98. The van der Waals surface area contributed by atoms with E-state index in [1.807, 2.05) is 6.07 Å². The smallest absolute Gasteiger partial charge is 0.310 e. The molecule has 0 bridgehead atoms. The molecule has 0 saturated heterocycles. The first-order valence-electron chi connectivity index (χ1n) is 4.04. The lowest BCUT2D eigenvalue weighted by atomic mass is 10.1. The summed E-state index contributed by atoms with van der Waals surface area (Å²) in [4.78, 5) is 11.1. The Morgan fingerprint density at radius 1 is 1.67 bits per heavy atom. The molecule has 1 aromatic carbocycles. The molecule has 0 aliphatic heterocycles. The lowest BCUT2D eigenvalue weighted by Crippen LogP contribution is -2.06. The van der Waals surface area contributed by atoms with Crippen LogP contribution in [0.3, 0.4) is 0 Å². The number of ether oxygens (including phenoxy) is 1. The molecule has 0 saturated carbocycles. The van der Waals surface area contributed by atoms with Gasteiger partial charge in [0.1, 0.15) is 6.07 Å². The summed E-state index contributed by atoms with van der Waals surface area (Å²) < 4.78 is 5.23. The number of esters is 1. The van der Waals surface area contributed by atoms with E-state index in [9.17, 15) is 4.79 Å². The van der Waals surface area contributed by atoms with Crippen molar-refractivity contribution in [1.82, 2.24) is 0 Å². The van der Waals surface area contributed by atoms with E-state index in [2.05, 4.69) is 20.7 Å². The van der Waals surface area contributed by atoms with Gasteiger partial charge in [0.05, 0.1) is 24.1 Å². The minimum absolute atomic E-state index is 0.0471. The number of rotatable bonds is 2. The van der Waals surface area contributed by atoms with Crippen molar-refractivity contribution in [3.63, 3.8) is 0 Å². The third kappa shape index (κ3) is 2.71. The Bertz CT molecular complexity index is 440. The van der Waals surface area contributed by atoms with Crippen LogP contribution in [0.25, 0.3) is 0 Å². The van der Waals surface area contributed by atoms with E-state index in [1.165, 1.54) is 7.11 Å². The lowest BCUT2D eigenvalue weighted by molar-refractivity contribution is -0.139. The molecule has 0 radical (unpaired) electrons. The second kappa shape index (κ2) is 5.15. The van der Waals surface area contributed by atoms with E-state index in [-0.39, 0.29) is 11.4 Å². The van der Waals surface area contributed by atoms with Crippen molar-refractivity contribution in [1.29, 1.82) is 5.26 Å². The topological polar surface area (TPSA) is 50.1 Å². The van der Waals surface area contributed by atoms with Crippen LogP contribution in [0.15, 0.2) is 16.6 Å². The Kier molecular flexibility index (Phi) is 4.13. The second-order valence-electron chi connectivity index (χ2n) is 2.75. The highest BCUT2D eigenvalue weighted by Gasteiger charge is 2.13. The van der Waals surface area contributed by atoms with Crippen molar-refractivity contribution in [2.75, 3.05) is 7.11 Å². The van der Waals surface area contributed by atoms with Crippen LogP contribution in [0.2, 0.25) is 5.02 Å². The fraction of sp³-hybridized carbons (Fsp3) is 0.200. The number of hydrogen-bond acceptors (Lipinski definition) is 3. The summed E-state index contributed by atoms with van der Waals surface area (Å²) in [5.74, 6) is -0.396. The lowest BCUT2D eigenvalue weighted by Gasteiger charge is -2.06. The average molecular weight is 289 g/mol. The molecule has 0 heterocycles. The first-order valence-corrected chi connectivity index (χ1v) is 5.21. The van der Waals surface area contributed by atoms with Crippen molar-refractivity contribution in [2.24, 2.45) is 0 Å². The van der Waals surface area contributed by atoms with Crippen molar-refractivity contribution in [2.45, 2.75) is 6.42 Å². The normalized spacial score (nSPS) is 9.47. The molecule has 1 aromatic rings. The zero-order chi connectivity index (χ0) is 11.4. The number of hydrogen-bond donors (Lipinski definition) is 0. The third-order valence-corrected chi connectivity index (χ3v) is 3.03. The van der Waals surface area contributed by atoms with Gasteiger partial charge in [0.15, 0.2) is 0 Å². The van der Waals surface area contributed by atoms with Crippen LogP contribution in [-0.2, 0) is 16.0 Å². The van der Waals surface area contributed by atoms with E-state index in [0.29, 0.717) is 15.6 Å². The van der Waals surface area contributed by atoms with E-state index in [4.69, 9.17) is 16.9 Å². The highest BCUT2D eigenvalue weighted by Crippen LogP contribution is 2.28. The summed E-state index contributed by atoms with van der Waals surface area (Å²) in [6.45, 7) is 0. The first kappa shape index (κ1) is 12.0. The molecular weight excluding hydrogens is 281 g/mol. The standard InChI is InChI=1S/C10H7BrClNO2/c1-15-9(14)4-7-8(11)3-2-6(5-13)10(7)12/h2-3H,4H2,1H3. The fourth-order valence-electron chi connectivity index (χ4n) is 1.06. The van der Waals surface area contributed by atoms with Gasteiger partial charge in [0, 0.05) is 4.47 Å². The predicted octanol–water partition coefficient (Wildman–Crippen LogP) is 2.69. The molecule has 0 atom stereocenters. The maximum absolute atomic E-state index is 11.1. The van der Waals surface area contributed by atoms with Crippen LogP contribution in [0.5, 0.6) is 0 Å². The maximum atomic E-state index is 11.1. The molecule has 0 unspecified atom stereocenters. The minimum Gasteiger partial charge on any atom is -0.469 e. The summed E-state index contributed by atoms with van der Waals surface area (Å²) in [6.07, 6.45) is 0.0471. The molecule has 3 nitrogen and oxygen atoms in total. The highest BCUT2D eigenvalue weighted by atomic mass is 79.9. The Balaban J connectivity index is 3.16. The van der Waals surface area contributed by atoms with Crippen molar-refractivity contribution in [3.05, 3.63) is 32.8 Å². The number of benzene rings is 1. The van der Waals surface area contributed by atoms with Gasteiger partial charge in [-0.25, -0.2) is 0 Å². The van der Waals surface area contributed by atoms with Crippen LogP contribution in [-0.4, -0.2) is 13.1 Å². The zero-order valence-electron chi connectivity index (χ0n) is 7.88. The number of nitriles is 1. The molecule has 0 N–H and O–H groups in total. The van der Waals surface area contributed by atoms with Crippen LogP contribution >= 0.6 is 27.5 Å². The summed E-state index contributed by atoms with van der Waals surface area (Å²) in [7, 11) is 1.30. The Labute approximate surface area is 101 Å². The van der Waals surface area contributed by atoms with Gasteiger partial charge in [-0.1, -0.05) is 27.5 Å². The molecule has 78 valence electrons. The molecule has 0 spiro atoms.